The van der Waals surface area contributed by atoms with Crippen LogP contribution in [0.25, 0.3) is 0 Å². The second-order valence-electron chi connectivity index (χ2n) is 7.91. The summed E-state index contributed by atoms with van der Waals surface area (Å²) >= 11 is 3.15. The lowest BCUT2D eigenvalue weighted by Gasteiger charge is -2.19. The monoisotopic (exact) mass is 467 g/mol. The zero-order valence-corrected chi connectivity index (χ0v) is 20.9. The van der Waals surface area contributed by atoms with Gasteiger partial charge in [0.25, 0.3) is 5.91 Å². The number of benzene rings is 2. The molecule has 2 aromatic carbocycles. The quantitative estimate of drug-likeness (QED) is 0.455. The number of anilines is 1. The molecule has 0 atom stereocenters. The Kier molecular flexibility index (Phi) is 6.86. The predicted octanol–water partition coefficient (Wildman–Crippen LogP) is 6.48. The van der Waals surface area contributed by atoms with Crippen LogP contribution in [0.4, 0.5) is 11.4 Å². The normalized spacial score (nSPS) is 19.3. The SMILES string of the molecule is CCCCN1C(=O)C(=C2Sc3ccc(OC)cc3N2CC)SC1=Nc1cc(C)ccc1C. The van der Waals surface area contributed by atoms with E-state index in [-0.39, 0.29) is 5.91 Å². The Bertz CT molecular complexity index is 1110. The molecule has 2 aliphatic heterocycles. The zero-order valence-electron chi connectivity index (χ0n) is 19.3. The van der Waals surface area contributed by atoms with E-state index in [0.29, 0.717) is 6.54 Å². The van der Waals surface area contributed by atoms with Crippen LogP contribution in [-0.2, 0) is 4.79 Å². The molecule has 168 valence electrons. The third kappa shape index (κ3) is 4.28. The van der Waals surface area contributed by atoms with Crippen molar-refractivity contribution in [1.82, 2.24) is 4.90 Å². The van der Waals surface area contributed by atoms with Crippen molar-refractivity contribution in [2.24, 2.45) is 4.99 Å². The van der Waals surface area contributed by atoms with Crippen LogP contribution >= 0.6 is 23.5 Å². The number of carbonyl (C=O) groups excluding carboxylic acids is 1. The van der Waals surface area contributed by atoms with E-state index in [0.717, 1.165) is 67.6 Å². The second-order valence-corrected chi connectivity index (χ2v) is 9.92. The van der Waals surface area contributed by atoms with Crippen LogP contribution in [0.5, 0.6) is 5.75 Å². The van der Waals surface area contributed by atoms with Gasteiger partial charge in [0.2, 0.25) is 0 Å². The minimum atomic E-state index is 0.0493. The van der Waals surface area contributed by atoms with Crippen LogP contribution in [0, 0.1) is 13.8 Å². The van der Waals surface area contributed by atoms with Crippen molar-refractivity contribution in [1.29, 1.82) is 0 Å². The van der Waals surface area contributed by atoms with E-state index in [1.54, 1.807) is 18.9 Å². The first kappa shape index (κ1) is 22.8. The molecule has 32 heavy (non-hydrogen) atoms. The topological polar surface area (TPSA) is 45.1 Å². The number of hydrogen-bond donors (Lipinski definition) is 0. The molecular formula is C25H29N3O2S2. The maximum absolute atomic E-state index is 13.6. The Hall–Kier alpha value is -2.38. The van der Waals surface area contributed by atoms with Crippen molar-refractivity contribution < 1.29 is 9.53 Å². The molecule has 5 nitrogen and oxygen atoms in total. The number of ether oxygens (including phenoxy) is 1. The van der Waals surface area contributed by atoms with E-state index in [9.17, 15) is 4.79 Å². The minimum Gasteiger partial charge on any atom is -0.497 e. The van der Waals surface area contributed by atoms with Gasteiger partial charge in [-0.15, -0.1) is 0 Å². The summed E-state index contributed by atoms with van der Waals surface area (Å²) in [7, 11) is 1.68. The van der Waals surface area contributed by atoms with E-state index in [1.807, 2.05) is 17.0 Å². The number of fused-ring (bicyclic) bond motifs is 1. The summed E-state index contributed by atoms with van der Waals surface area (Å²) in [5, 5.41) is 1.75. The molecule has 2 aromatic rings. The summed E-state index contributed by atoms with van der Waals surface area (Å²) in [4.78, 5) is 24.5. The molecule has 1 amide bonds. The van der Waals surface area contributed by atoms with Gasteiger partial charge in [0, 0.05) is 24.1 Å². The predicted molar refractivity (Wildman–Crippen MR) is 136 cm³/mol. The second kappa shape index (κ2) is 9.63. The molecule has 0 saturated carbocycles. The van der Waals surface area contributed by atoms with E-state index in [1.165, 1.54) is 11.8 Å². The Morgan fingerprint density at radius 2 is 1.84 bits per heavy atom. The van der Waals surface area contributed by atoms with Crippen LogP contribution in [0.1, 0.15) is 37.8 Å². The van der Waals surface area contributed by atoms with Crippen molar-refractivity contribution in [3.63, 3.8) is 0 Å². The summed E-state index contributed by atoms with van der Waals surface area (Å²) in [6.45, 7) is 9.84. The number of amidine groups is 1. The van der Waals surface area contributed by atoms with Crippen molar-refractivity contribution >= 4 is 46.0 Å². The Balaban J connectivity index is 1.76. The van der Waals surface area contributed by atoms with E-state index >= 15 is 0 Å². The number of amides is 1. The van der Waals surface area contributed by atoms with E-state index in [4.69, 9.17) is 9.73 Å². The maximum atomic E-state index is 13.6. The number of rotatable bonds is 6. The number of hydrogen-bond acceptors (Lipinski definition) is 6. The third-order valence-electron chi connectivity index (χ3n) is 5.60. The molecule has 0 N–H and O–H groups in total. The fraction of sp³-hybridized carbons (Fsp3) is 0.360. The fourth-order valence-corrected chi connectivity index (χ4v) is 6.14. The van der Waals surface area contributed by atoms with Gasteiger partial charge < -0.3 is 9.64 Å². The number of unbranched alkanes of at least 4 members (excludes halogenated alkanes) is 1. The number of methoxy groups -OCH3 is 1. The molecule has 2 aliphatic rings. The van der Waals surface area contributed by atoms with Crippen LogP contribution in [0.3, 0.4) is 0 Å². The number of aryl methyl sites for hydroxylation is 2. The summed E-state index contributed by atoms with van der Waals surface area (Å²) in [5.74, 6) is 0.870. The van der Waals surface area contributed by atoms with Gasteiger partial charge in [0.1, 0.15) is 15.7 Å². The first-order chi connectivity index (χ1) is 15.5. The number of nitrogens with zero attached hydrogens (tertiary/aromatic N) is 3. The number of thioether (sulfide) groups is 2. The van der Waals surface area contributed by atoms with Crippen LogP contribution in [0.15, 0.2) is 56.2 Å². The van der Waals surface area contributed by atoms with Gasteiger partial charge in [0.05, 0.1) is 18.5 Å². The molecule has 4 rings (SSSR count). The van der Waals surface area contributed by atoms with Crippen molar-refractivity contribution in [3.05, 3.63) is 57.5 Å². The van der Waals surface area contributed by atoms with Gasteiger partial charge in [-0.3, -0.25) is 9.69 Å². The molecule has 0 unspecified atom stereocenters. The largest absolute Gasteiger partial charge is 0.497 e. The standard InChI is InChI=1S/C25H29N3O2S2/c1-6-8-13-28-23(29)22(32-25(28)26-19-14-16(3)9-10-17(19)4)24-27(7-2)20-15-18(30-5)11-12-21(20)31-24/h9-12,14-15H,6-8,13H2,1-5H3. The molecule has 2 heterocycles. The van der Waals surface area contributed by atoms with Crippen molar-refractivity contribution in [2.45, 2.75) is 45.4 Å². The average Bonchev–Trinajstić information content (AvgIpc) is 3.30. The maximum Gasteiger partial charge on any atom is 0.269 e. The van der Waals surface area contributed by atoms with Gasteiger partial charge >= 0.3 is 0 Å². The Morgan fingerprint density at radius 3 is 2.56 bits per heavy atom. The first-order valence-electron chi connectivity index (χ1n) is 11.0. The highest BCUT2D eigenvalue weighted by Crippen LogP contribution is 2.51. The van der Waals surface area contributed by atoms with Gasteiger partial charge in [-0.1, -0.05) is 37.2 Å². The van der Waals surface area contributed by atoms with Gasteiger partial charge in [-0.2, -0.15) is 0 Å². The zero-order chi connectivity index (χ0) is 22.8. The molecule has 0 aliphatic carbocycles. The molecule has 0 aromatic heterocycles. The van der Waals surface area contributed by atoms with Crippen LogP contribution in [0.2, 0.25) is 0 Å². The lowest BCUT2D eigenvalue weighted by molar-refractivity contribution is -0.122. The minimum absolute atomic E-state index is 0.0493. The summed E-state index contributed by atoms with van der Waals surface area (Å²) in [6, 6.07) is 12.3. The highest BCUT2D eigenvalue weighted by molar-refractivity contribution is 8.19. The van der Waals surface area contributed by atoms with Crippen molar-refractivity contribution in [3.8, 4) is 5.75 Å². The third-order valence-corrected chi connectivity index (χ3v) is 7.98. The van der Waals surface area contributed by atoms with Crippen LogP contribution in [-0.4, -0.2) is 36.2 Å². The molecular weight excluding hydrogens is 438 g/mol. The van der Waals surface area contributed by atoms with E-state index in [2.05, 4.69) is 56.9 Å². The Labute approximate surface area is 198 Å². The number of aliphatic imine (C=N–C) groups is 1. The lowest BCUT2D eigenvalue weighted by Crippen LogP contribution is -2.30. The summed E-state index contributed by atoms with van der Waals surface area (Å²) in [6.07, 6.45) is 1.97. The average molecular weight is 468 g/mol. The summed E-state index contributed by atoms with van der Waals surface area (Å²) < 4.78 is 5.43. The van der Waals surface area contributed by atoms with Gasteiger partial charge in [-0.25, -0.2) is 4.99 Å². The number of carbonyl (C=O) groups is 1. The molecule has 7 heteroatoms. The highest BCUT2D eigenvalue weighted by Gasteiger charge is 2.39. The van der Waals surface area contributed by atoms with Gasteiger partial charge in [0.15, 0.2) is 5.17 Å². The smallest absolute Gasteiger partial charge is 0.269 e. The molecule has 0 radical (unpaired) electrons. The molecule has 0 bridgehead atoms. The Morgan fingerprint density at radius 1 is 1.03 bits per heavy atom. The lowest BCUT2D eigenvalue weighted by atomic mass is 10.1. The van der Waals surface area contributed by atoms with E-state index < -0.39 is 0 Å². The fourth-order valence-electron chi connectivity index (χ4n) is 3.75. The van der Waals surface area contributed by atoms with Crippen molar-refractivity contribution in [2.75, 3.05) is 25.1 Å². The molecule has 1 fully saturated rings. The summed E-state index contributed by atoms with van der Waals surface area (Å²) in [5.41, 5.74) is 4.29. The highest BCUT2D eigenvalue weighted by atomic mass is 32.2. The first-order valence-corrected chi connectivity index (χ1v) is 12.6. The van der Waals surface area contributed by atoms with Crippen LogP contribution < -0.4 is 9.64 Å². The molecule has 1 saturated heterocycles. The van der Waals surface area contributed by atoms with Gasteiger partial charge in [-0.05, 0) is 68.3 Å². The molecule has 0 spiro atoms.